The smallest absolute Gasteiger partial charge is 0.225 e. The first-order valence-electron chi connectivity index (χ1n) is 2.07. The van der Waals surface area contributed by atoms with Crippen LogP contribution in [-0.4, -0.2) is 5.24 Å². The van der Waals surface area contributed by atoms with Gasteiger partial charge < -0.3 is 0 Å². The van der Waals surface area contributed by atoms with Crippen molar-refractivity contribution in [3.63, 3.8) is 0 Å². The van der Waals surface area contributed by atoms with Crippen LogP contribution in [0.1, 0.15) is 13.3 Å². The Balaban J connectivity index is 3.14. The zero-order valence-corrected chi connectivity index (χ0v) is 4.90. The zero-order valence-electron chi connectivity index (χ0n) is 4.15. The fourth-order valence-electron chi connectivity index (χ4n) is 0.211. The third kappa shape index (κ3) is 5.70. The molecule has 0 unspecified atom stereocenters. The van der Waals surface area contributed by atoms with Crippen LogP contribution in [0.3, 0.4) is 0 Å². The summed E-state index contributed by atoms with van der Waals surface area (Å²) in [5.74, 6) is 0. The molecular formula is C5H7ClO. The van der Waals surface area contributed by atoms with Crippen molar-refractivity contribution in [3.05, 3.63) is 12.2 Å². The summed E-state index contributed by atoms with van der Waals surface area (Å²) in [4.78, 5) is 9.92. The van der Waals surface area contributed by atoms with Crippen molar-refractivity contribution >= 4 is 16.8 Å². The summed E-state index contributed by atoms with van der Waals surface area (Å²) in [6.45, 7) is 1.85. The highest BCUT2D eigenvalue weighted by Gasteiger charge is 1.85. The third-order valence-electron chi connectivity index (χ3n) is 0.514. The molecule has 0 heterocycles. The van der Waals surface area contributed by atoms with E-state index < -0.39 is 0 Å². The van der Waals surface area contributed by atoms with Crippen molar-refractivity contribution in [2.75, 3.05) is 0 Å². The van der Waals surface area contributed by atoms with E-state index in [0.29, 0.717) is 6.42 Å². The van der Waals surface area contributed by atoms with Gasteiger partial charge in [-0.2, -0.15) is 0 Å². The summed E-state index contributed by atoms with van der Waals surface area (Å²) < 4.78 is 0. The van der Waals surface area contributed by atoms with Gasteiger partial charge in [-0.25, -0.2) is 0 Å². The van der Waals surface area contributed by atoms with E-state index in [9.17, 15) is 4.79 Å². The van der Waals surface area contributed by atoms with Gasteiger partial charge in [0, 0.05) is 6.42 Å². The van der Waals surface area contributed by atoms with E-state index in [1.165, 1.54) is 0 Å². The average molecular weight is 119 g/mol. The largest absolute Gasteiger partial charge is 0.281 e. The van der Waals surface area contributed by atoms with Crippen LogP contribution < -0.4 is 0 Å². The second-order valence-electron chi connectivity index (χ2n) is 1.13. The predicted octanol–water partition coefficient (Wildman–Crippen LogP) is 1.72. The maximum atomic E-state index is 9.92. The molecule has 0 aliphatic rings. The lowest BCUT2D eigenvalue weighted by Crippen LogP contribution is -1.77. The molecule has 0 spiro atoms. The van der Waals surface area contributed by atoms with Crippen LogP contribution in [0.25, 0.3) is 0 Å². The molecule has 0 aromatic rings. The van der Waals surface area contributed by atoms with Crippen molar-refractivity contribution < 1.29 is 4.79 Å². The zero-order chi connectivity index (χ0) is 5.70. The SMILES string of the molecule is CC=CCC(=O)Cl. The summed E-state index contributed by atoms with van der Waals surface area (Å²) in [6, 6.07) is 0. The Morgan fingerprint density at radius 2 is 2.43 bits per heavy atom. The van der Waals surface area contributed by atoms with Gasteiger partial charge in [-0.05, 0) is 18.5 Å². The minimum Gasteiger partial charge on any atom is -0.281 e. The summed E-state index contributed by atoms with van der Waals surface area (Å²) >= 11 is 4.97. The molecule has 0 aromatic carbocycles. The van der Waals surface area contributed by atoms with Crippen molar-refractivity contribution in [1.82, 2.24) is 0 Å². The minimum absolute atomic E-state index is 0.307. The van der Waals surface area contributed by atoms with Crippen molar-refractivity contribution in [2.24, 2.45) is 0 Å². The number of allylic oxidation sites excluding steroid dienone is 2. The predicted molar refractivity (Wildman–Crippen MR) is 30.3 cm³/mol. The van der Waals surface area contributed by atoms with Gasteiger partial charge in [0.1, 0.15) is 0 Å². The van der Waals surface area contributed by atoms with Gasteiger partial charge >= 0.3 is 0 Å². The molecule has 0 atom stereocenters. The van der Waals surface area contributed by atoms with E-state index in [1.807, 2.05) is 6.92 Å². The molecule has 0 bridgehead atoms. The number of carbonyl (C=O) groups is 1. The van der Waals surface area contributed by atoms with Crippen molar-refractivity contribution in [3.8, 4) is 0 Å². The van der Waals surface area contributed by atoms with E-state index in [0.717, 1.165) is 0 Å². The van der Waals surface area contributed by atoms with Gasteiger partial charge in [-0.3, -0.25) is 4.79 Å². The van der Waals surface area contributed by atoms with Crippen LogP contribution in [0, 0.1) is 0 Å². The normalized spacial score (nSPS) is 10.0. The van der Waals surface area contributed by atoms with Gasteiger partial charge in [0.05, 0.1) is 0 Å². The molecule has 0 aliphatic heterocycles. The molecule has 7 heavy (non-hydrogen) atoms. The van der Waals surface area contributed by atoms with Crippen LogP contribution in [-0.2, 0) is 4.79 Å². The van der Waals surface area contributed by atoms with Crippen LogP contribution in [0.2, 0.25) is 0 Å². The van der Waals surface area contributed by atoms with Gasteiger partial charge in [0.2, 0.25) is 5.24 Å². The fraction of sp³-hybridized carbons (Fsp3) is 0.400. The average Bonchev–Trinajstić information content (AvgIpc) is 1.61. The maximum absolute atomic E-state index is 9.92. The number of hydrogen-bond donors (Lipinski definition) is 0. The summed E-state index contributed by atoms with van der Waals surface area (Å²) in [5, 5.41) is -0.307. The fourth-order valence-corrected chi connectivity index (χ4v) is 0.300. The summed E-state index contributed by atoms with van der Waals surface area (Å²) in [5.41, 5.74) is 0. The highest BCUT2D eigenvalue weighted by atomic mass is 35.5. The van der Waals surface area contributed by atoms with E-state index in [2.05, 4.69) is 0 Å². The monoisotopic (exact) mass is 118 g/mol. The van der Waals surface area contributed by atoms with Crippen LogP contribution >= 0.6 is 11.6 Å². The standard InChI is InChI=1S/C5H7ClO/c1-2-3-4-5(6)7/h2-3H,4H2,1H3. The van der Waals surface area contributed by atoms with E-state index in [-0.39, 0.29) is 5.24 Å². The van der Waals surface area contributed by atoms with E-state index in [4.69, 9.17) is 11.6 Å². The molecule has 0 N–H and O–H groups in total. The Labute approximate surface area is 48.0 Å². The Morgan fingerprint density at radius 1 is 1.86 bits per heavy atom. The molecule has 0 saturated heterocycles. The van der Waals surface area contributed by atoms with Crippen molar-refractivity contribution in [2.45, 2.75) is 13.3 Å². The molecular weight excluding hydrogens is 112 g/mol. The van der Waals surface area contributed by atoms with Crippen LogP contribution in [0.4, 0.5) is 0 Å². The second kappa shape index (κ2) is 3.88. The number of hydrogen-bond acceptors (Lipinski definition) is 1. The lowest BCUT2D eigenvalue weighted by Gasteiger charge is -1.75. The molecule has 0 aliphatic carbocycles. The van der Waals surface area contributed by atoms with E-state index in [1.54, 1.807) is 12.2 Å². The Hall–Kier alpha value is -0.300. The van der Waals surface area contributed by atoms with Gasteiger partial charge in [0.25, 0.3) is 0 Å². The molecule has 1 nitrogen and oxygen atoms in total. The maximum Gasteiger partial charge on any atom is 0.225 e. The highest BCUT2D eigenvalue weighted by molar-refractivity contribution is 6.63. The Morgan fingerprint density at radius 3 is 2.57 bits per heavy atom. The molecule has 0 amide bonds. The number of halogens is 1. The topological polar surface area (TPSA) is 17.1 Å². The molecule has 0 saturated carbocycles. The first-order valence-corrected chi connectivity index (χ1v) is 2.44. The van der Waals surface area contributed by atoms with Crippen molar-refractivity contribution in [1.29, 1.82) is 0 Å². The second-order valence-corrected chi connectivity index (χ2v) is 1.55. The lowest BCUT2D eigenvalue weighted by molar-refractivity contribution is -0.110. The van der Waals surface area contributed by atoms with Gasteiger partial charge in [-0.1, -0.05) is 12.2 Å². The molecule has 0 radical (unpaired) electrons. The molecule has 40 valence electrons. The number of rotatable bonds is 2. The summed E-state index contributed by atoms with van der Waals surface area (Å²) in [6.07, 6.45) is 3.85. The highest BCUT2D eigenvalue weighted by Crippen LogP contribution is 1.88. The molecule has 0 aromatic heterocycles. The van der Waals surface area contributed by atoms with Gasteiger partial charge in [-0.15, -0.1) is 0 Å². The number of carbonyl (C=O) groups excluding carboxylic acids is 1. The summed E-state index contributed by atoms with van der Waals surface area (Å²) in [7, 11) is 0. The third-order valence-corrected chi connectivity index (χ3v) is 0.668. The lowest BCUT2D eigenvalue weighted by atomic mass is 10.4. The Bertz CT molecular complexity index is 86.1. The molecule has 2 heteroatoms. The molecule has 0 fully saturated rings. The molecule has 0 rings (SSSR count). The van der Waals surface area contributed by atoms with Crippen LogP contribution in [0.15, 0.2) is 12.2 Å². The first kappa shape index (κ1) is 6.70. The van der Waals surface area contributed by atoms with Gasteiger partial charge in [0.15, 0.2) is 0 Å². The minimum atomic E-state index is -0.307. The quantitative estimate of drug-likeness (QED) is 0.399. The van der Waals surface area contributed by atoms with E-state index >= 15 is 0 Å². The first-order chi connectivity index (χ1) is 3.27. The Kier molecular flexibility index (Phi) is 3.71. The van der Waals surface area contributed by atoms with Crippen LogP contribution in [0.5, 0.6) is 0 Å².